The lowest BCUT2D eigenvalue weighted by atomic mass is 10.1. The summed E-state index contributed by atoms with van der Waals surface area (Å²) in [6, 6.07) is 14.8. The summed E-state index contributed by atoms with van der Waals surface area (Å²) in [4.78, 5) is 22.3. The Morgan fingerprint density at radius 3 is 2.50 bits per heavy atom. The Morgan fingerprint density at radius 2 is 1.84 bits per heavy atom. The summed E-state index contributed by atoms with van der Waals surface area (Å²) in [6.45, 7) is 8.27. The van der Waals surface area contributed by atoms with Crippen LogP contribution >= 0.6 is 11.8 Å². The van der Waals surface area contributed by atoms with Crippen molar-refractivity contribution in [3.05, 3.63) is 92.3 Å². The second kappa shape index (κ2) is 10.3. The molecule has 0 spiro atoms. The van der Waals surface area contributed by atoms with Crippen LogP contribution in [0.25, 0.3) is 5.69 Å². The van der Waals surface area contributed by atoms with Gasteiger partial charge in [-0.25, -0.2) is 5.43 Å². The molecule has 0 aliphatic carbocycles. The Labute approximate surface area is 191 Å². The Balaban J connectivity index is 1.55. The lowest BCUT2D eigenvalue weighted by molar-refractivity contribution is -0.384. The van der Waals surface area contributed by atoms with Crippen LogP contribution in [0.4, 0.5) is 5.69 Å². The van der Waals surface area contributed by atoms with Crippen molar-refractivity contribution in [3.63, 3.8) is 0 Å². The average Bonchev–Trinajstić information content (AvgIpc) is 3.02. The molecule has 2 aromatic carbocycles. The van der Waals surface area contributed by atoms with Crippen molar-refractivity contribution in [3.8, 4) is 5.69 Å². The number of benzene rings is 2. The van der Waals surface area contributed by atoms with Crippen LogP contribution in [0.5, 0.6) is 0 Å². The van der Waals surface area contributed by atoms with Gasteiger partial charge >= 0.3 is 0 Å². The maximum Gasteiger partial charge on any atom is 0.269 e. The summed E-state index contributed by atoms with van der Waals surface area (Å²) in [6.07, 6.45) is 1.67. The molecule has 0 radical (unpaired) electrons. The monoisotopic (exact) mass is 450 g/mol. The minimum atomic E-state index is -0.429. The number of aromatic nitrogens is 1. The summed E-state index contributed by atoms with van der Waals surface area (Å²) < 4.78 is 2.19. The third-order valence-electron chi connectivity index (χ3n) is 5.11. The Bertz CT molecular complexity index is 1170. The minimum Gasteiger partial charge on any atom is -0.318 e. The van der Waals surface area contributed by atoms with Gasteiger partial charge in [0.15, 0.2) is 0 Å². The number of nitro groups is 1. The third-order valence-corrected chi connectivity index (χ3v) is 6.11. The van der Waals surface area contributed by atoms with Crippen LogP contribution in [0.15, 0.2) is 53.6 Å². The first-order chi connectivity index (χ1) is 15.3. The number of non-ortho nitro benzene ring substituents is 1. The van der Waals surface area contributed by atoms with Gasteiger partial charge in [0.1, 0.15) is 0 Å². The summed E-state index contributed by atoms with van der Waals surface area (Å²) >= 11 is 1.42. The second-order valence-corrected chi connectivity index (χ2v) is 8.65. The highest BCUT2D eigenvalue weighted by atomic mass is 32.2. The van der Waals surface area contributed by atoms with Crippen LogP contribution in [0.3, 0.4) is 0 Å². The van der Waals surface area contributed by atoms with Gasteiger partial charge in [0, 0.05) is 40.5 Å². The molecule has 3 rings (SSSR count). The highest BCUT2D eigenvalue weighted by Crippen LogP contribution is 2.23. The molecule has 1 amide bonds. The Morgan fingerprint density at radius 1 is 1.12 bits per heavy atom. The number of hydrazone groups is 1. The van der Waals surface area contributed by atoms with Crippen LogP contribution < -0.4 is 5.43 Å². The molecule has 0 saturated carbocycles. The standard InChI is InChI=1S/C24H26N4O3S/c1-16-5-10-23(17(2)11-16)27-18(3)12-21(19(27)4)13-25-26-24(29)15-32-14-20-6-8-22(9-7-20)28(30)31/h5-13H,14-15H2,1-4H3,(H,26,29)/b25-13-. The molecule has 0 bridgehead atoms. The van der Waals surface area contributed by atoms with Gasteiger partial charge in [-0.1, -0.05) is 29.8 Å². The number of nitrogens with zero attached hydrogens (tertiary/aromatic N) is 3. The highest BCUT2D eigenvalue weighted by molar-refractivity contribution is 7.99. The van der Waals surface area contributed by atoms with Gasteiger partial charge in [-0.15, -0.1) is 11.8 Å². The molecule has 0 aliphatic heterocycles. The van der Waals surface area contributed by atoms with Crippen LogP contribution in [-0.2, 0) is 10.5 Å². The molecular weight excluding hydrogens is 424 g/mol. The van der Waals surface area contributed by atoms with Gasteiger partial charge in [0.05, 0.1) is 16.9 Å². The molecule has 0 aliphatic rings. The van der Waals surface area contributed by atoms with E-state index in [9.17, 15) is 14.9 Å². The van der Waals surface area contributed by atoms with E-state index in [-0.39, 0.29) is 17.3 Å². The quantitative estimate of drug-likeness (QED) is 0.297. The molecular formula is C24H26N4O3S. The molecule has 1 N–H and O–H groups in total. The normalized spacial score (nSPS) is 11.1. The van der Waals surface area contributed by atoms with E-state index in [2.05, 4.69) is 54.1 Å². The smallest absolute Gasteiger partial charge is 0.269 e. The van der Waals surface area contributed by atoms with E-state index in [1.54, 1.807) is 18.3 Å². The van der Waals surface area contributed by atoms with Crippen molar-refractivity contribution in [2.24, 2.45) is 5.10 Å². The molecule has 1 heterocycles. The van der Waals surface area contributed by atoms with Crippen molar-refractivity contribution >= 4 is 29.6 Å². The SMILES string of the molecule is Cc1ccc(-n2c(C)cc(/C=N\NC(=O)CSCc3ccc([N+](=O)[O-])cc3)c2C)c(C)c1. The lowest BCUT2D eigenvalue weighted by Crippen LogP contribution is -2.19. The van der Waals surface area contributed by atoms with Crippen molar-refractivity contribution < 1.29 is 9.72 Å². The fourth-order valence-electron chi connectivity index (χ4n) is 3.53. The first-order valence-corrected chi connectivity index (χ1v) is 11.3. The lowest BCUT2D eigenvalue weighted by Gasteiger charge is -2.13. The summed E-state index contributed by atoms with van der Waals surface area (Å²) in [5.41, 5.74) is 10.2. The first-order valence-electron chi connectivity index (χ1n) is 10.2. The van der Waals surface area contributed by atoms with E-state index in [0.717, 1.165) is 28.2 Å². The van der Waals surface area contributed by atoms with Crippen LogP contribution in [-0.4, -0.2) is 27.4 Å². The highest BCUT2D eigenvalue weighted by Gasteiger charge is 2.11. The van der Waals surface area contributed by atoms with Crippen molar-refractivity contribution in [1.82, 2.24) is 9.99 Å². The molecule has 0 unspecified atom stereocenters. The number of carbonyl (C=O) groups excluding carboxylic acids is 1. The van der Waals surface area contributed by atoms with E-state index in [4.69, 9.17) is 0 Å². The number of nitro benzene ring substituents is 1. The number of hydrogen-bond donors (Lipinski definition) is 1. The van der Waals surface area contributed by atoms with Gasteiger partial charge in [0.25, 0.3) is 5.69 Å². The molecule has 32 heavy (non-hydrogen) atoms. The zero-order valence-electron chi connectivity index (χ0n) is 18.6. The van der Waals surface area contributed by atoms with Crippen LogP contribution in [0.1, 0.15) is 33.6 Å². The zero-order valence-corrected chi connectivity index (χ0v) is 19.4. The van der Waals surface area contributed by atoms with Crippen molar-refractivity contribution in [2.75, 3.05) is 5.75 Å². The molecule has 7 nitrogen and oxygen atoms in total. The zero-order chi connectivity index (χ0) is 23.3. The van der Waals surface area contributed by atoms with E-state index >= 15 is 0 Å². The van der Waals surface area contributed by atoms with Gasteiger partial charge in [-0.05, 0) is 51.0 Å². The summed E-state index contributed by atoms with van der Waals surface area (Å²) in [5, 5.41) is 14.8. The predicted octanol–water partition coefficient (Wildman–Crippen LogP) is 5.00. The van der Waals surface area contributed by atoms with Gasteiger partial charge in [-0.3, -0.25) is 14.9 Å². The van der Waals surface area contributed by atoms with Crippen LogP contribution in [0, 0.1) is 37.8 Å². The topological polar surface area (TPSA) is 89.5 Å². The predicted molar refractivity (Wildman–Crippen MR) is 130 cm³/mol. The fraction of sp³-hybridized carbons (Fsp3) is 0.250. The number of rotatable bonds is 8. The van der Waals surface area contributed by atoms with Gasteiger partial charge < -0.3 is 4.57 Å². The largest absolute Gasteiger partial charge is 0.318 e. The molecule has 166 valence electrons. The molecule has 0 atom stereocenters. The number of nitrogens with one attached hydrogen (secondary N) is 1. The van der Waals surface area contributed by atoms with Gasteiger partial charge in [0.2, 0.25) is 5.91 Å². The van der Waals surface area contributed by atoms with Crippen molar-refractivity contribution in [1.29, 1.82) is 0 Å². The molecule has 1 aromatic heterocycles. The number of thioether (sulfide) groups is 1. The maximum atomic E-state index is 12.1. The molecule has 8 heteroatoms. The van der Waals surface area contributed by atoms with Crippen molar-refractivity contribution in [2.45, 2.75) is 33.4 Å². The van der Waals surface area contributed by atoms with E-state index < -0.39 is 4.92 Å². The first kappa shape index (κ1) is 23.3. The van der Waals surface area contributed by atoms with E-state index in [1.165, 1.54) is 35.0 Å². The fourth-order valence-corrected chi connectivity index (χ4v) is 4.31. The number of aryl methyl sites for hydroxylation is 3. The third kappa shape index (κ3) is 5.64. The van der Waals surface area contributed by atoms with E-state index in [0.29, 0.717) is 5.75 Å². The minimum absolute atomic E-state index is 0.0581. The second-order valence-electron chi connectivity index (χ2n) is 7.66. The number of carbonyl (C=O) groups is 1. The number of amides is 1. The van der Waals surface area contributed by atoms with E-state index in [1.807, 2.05) is 13.0 Å². The average molecular weight is 451 g/mol. The summed E-state index contributed by atoms with van der Waals surface area (Å²) in [5.74, 6) is 0.638. The Hall–Kier alpha value is -3.39. The number of hydrogen-bond acceptors (Lipinski definition) is 5. The molecule has 3 aromatic rings. The summed E-state index contributed by atoms with van der Waals surface area (Å²) in [7, 11) is 0. The Kier molecular flexibility index (Phi) is 7.48. The van der Waals surface area contributed by atoms with Crippen LogP contribution in [0.2, 0.25) is 0 Å². The molecule has 0 fully saturated rings. The maximum absolute atomic E-state index is 12.1. The van der Waals surface area contributed by atoms with Gasteiger partial charge in [-0.2, -0.15) is 5.10 Å². The molecule has 0 saturated heterocycles.